The number of rotatable bonds is 2. The fraction of sp³-hybridized carbons (Fsp3) is 0.333. The van der Waals surface area contributed by atoms with Crippen LogP contribution in [0, 0.1) is 0 Å². The van der Waals surface area contributed by atoms with Gasteiger partial charge in [0.2, 0.25) is 0 Å². The zero-order chi connectivity index (χ0) is 17.2. The molecule has 0 aliphatic heterocycles. The van der Waals surface area contributed by atoms with Crippen LogP contribution in [0.5, 0.6) is 0 Å². The highest BCUT2D eigenvalue weighted by molar-refractivity contribution is 6.04. The lowest BCUT2D eigenvalue weighted by Crippen LogP contribution is -2.22. The molecule has 0 unspecified atom stereocenters. The third-order valence-electron chi connectivity index (χ3n) is 4.49. The van der Waals surface area contributed by atoms with E-state index in [2.05, 4.69) is 49.5 Å². The van der Waals surface area contributed by atoms with Crippen molar-refractivity contribution >= 4 is 11.6 Å². The molecule has 2 aromatic carbocycles. The molecular formula is C21H24N2O. The van der Waals surface area contributed by atoms with E-state index in [1.54, 1.807) is 0 Å². The Morgan fingerprint density at radius 1 is 1.00 bits per heavy atom. The molecule has 3 heteroatoms. The number of carbonyl (C=O) groups is 1. The second kappa shape index (κ2) is 6.60. The second-order valence-corrected chi connectivity index (χ2v) is 7.34. The van der Waals surface area contributed by atoms with Crippen LogP contribution in [0.15, 0.2) is 53.6 Å². The summed E-state index contributed by atoms with van der Waals surface area (Å²) in [6.45, 7) is 6.48. The number of hydrazone groups is 1. The van der Waals surface area contributed by atoms with Gasteiger partial charge in [0.25, 0.3) is 5.91 Å². The number of benzene rings is 2. The molecule has 3 nitrogen and oxygen atoms in total. The molecule has 2 aromatic rings. The average Bonchev–Trinajstić information content (AvgIpc) is 2.59. The van der Waals surface area contributed by atoms with Crippen LogP contribution in [0.25, 0.3) is 0 Å². The molecule has 0 aromatic heterocycles. The summed E-state index contributed by atoms with van der Waals surface area (Å²) in [5, 5.41) is 4.39. The first-order valence-corrected chi connectivity index (χ1v) is 8.51. The minimum Gasteiger partial charge on any atom is -0.267 e. The van der Waals surface area contributed by atoms with Crippen molar-refractivity contribution in [1.82, 2.24) is 5.43 Å². The molecule has 0 fully saturated rings. The molecule has 3 rings (SSSR count). The molecule has 24 heavy (non-hydrogen) atoms. The number of hydrogen-bond acceptors (Lipinski definition) is 2. The van der Waals surface area contributed by atoms with Crippen LogP contribution < -0.4 is 5.43 Å². The number of carbonyl (C=O) groups excluding carboxylic acids is 1. The zero-order valence-corrected chi connectivity index (χ0v) is 14.6. The predicted octanol–water partition coefficient (Wildman–Crippen LogP) is 4.45. The van der Waals surface area contributed by atoms with E-state index in [1.807, 2.05) is 30.3 Å². The van der Waals surface area contributed by atoms with Crippen LogP contribution in [0.3, 0.4) is 0 Å². The lowest BCUT2D eigenvalue weighted by molar-refractivity contribution is 0.0954. The lowest BCUT2D eigenvalue weighted by Gasteiger charge is -2.19. The molecular weight excluding hydrogens is 296 g/mol. The number of aryl methyl sites for hydroxylation is 1. The van der Waals surface area contributed by atoms with Crippen molar-refractivity contribution in [1.29, 1.82) is 0 Å². The molecule has 0 radical (unpaired) electrons. The van der Waals surface area contributed by atoms with Crippen molar-refractivity contribution in [2.75, 3.05) is 0 Å². The Morgan fingerprint density at radius 2 is 1.71 bits per heavy atom. The van der Waals surface area contributed by atoms with E-state index in [1.165, 1.54) is 11.1 Å². The largest absolute Gasteiger partial charge is 0.271 e. The lowest BCUT2D eigenvalue weighted by atomic mass is 9.87. The Morgan fingerprint density at radius 3 is 2.42 bits per heavy atom. The normalized spacial score (nSPS) is 15.9. The van der Waals surface area contributed by atoms with Crippen molar-refractivity contribution in [2.45, 2.75) is 45.4 Å². The van der Waals surface area contributed by atoms with Crippen molar-refractivity contribution in [3.63, 3.8) is 0 Å². The Kier molecular flexibility index (Phi) is 4.52. The Bertz CT molecular complexity index is 767. The number of nitrogens with one attached hydrogen (secondary N) is 1. The van der Waals surface area contributed by atoms with Gasteiger partial charge in [-0.3, -0.25) is 4.79 Å². The Labute approximate surface area is 143 Å². The number of amides is 1. The molecule has 0 saturated carbocycles. The molecule has 0 atom stereocenters. The maximum Gasteiger partial charge on any atom is 0.271 e. The summed E-state index contributed by atoms with van der Waals surface area (Å²) in [5.41, 5.74) is 8.09. The van der Waals surface area contributed by atoms with E-state index in [0.29, 0.717) is 5.56 Å². The summed E-state index contributed by atoms with van der Waals surface area (Å²) in [6, 6.07) is 16.0. The Hall–Kier alpha value is -2.42. The van der Waals surface area contributed by atoms with Crippen LogP contribution in [0.4, 0.5) is 0 Å². The standard InChI is InChI=1S/C21H24N2O/c1-21(2,3)17-13-11-16(12-14-17)20(24)23-22-19-10-6-8-15-7-4-5-9-18(15)19/h4-5,7,9,11-14H,6,8,10H2,1-3H3,(H,23,24)/b22-19-. The van der Waals surface area contributed by atoms with Gasteiger partial charge < -0.3 is 0 Å². The van der Waals surface area contributed by atoms with Crippen molar-refractivity contribution in [3.8, 4) is 0 Å². The monoisotopic (exact) mass is 320 g/mol. The molecule has 0 bridgehead atoms. The highest BCUT2D eigenvalue weighted by Crippen LogP contribution is 2.23. The van der Waals surface area contributed by atoms with E-state index in [-0.39, 0.29) is 11.3 Å². The van der Waals surface area contributed by atoms with Gasteiger partial charge in [-0.05, 0) is 47.9 Å². The fourth-order valence-electron chi connectivity index (χ4n) is 3.02. The molecule has 124 valence electrons. The van der Waals surface area contributed by atoms with Crippen LogP contribution >= 0.6 is 0 Å². The van der Waals surface area contributed by atoms with E-state index in [9.17, 15) is 4.79 Å². The molecule has 0 spiro atoms. The molecule has 0 saturated heterocycles. The number of fused-ring (bicyclic) bond motifs is 1. The molecule has 1 aliphatic rings. The van der Waals surface area contributed by atoms with Gasteiger partial charge >= 0.3 is 0 Å². The van der Waals surface area contributed by atoms with Crippen LogP contribution in [-0.4, -0.2) is 11.6 Å². The molecule has 1 N–H and O–H groups in total. The SMILES string of the molecule is CC(C)(C)c1ccc(C(=O)N/N=C2/CCCc3ccccc32)cc1. The highest BCUT2D eigenvalue weighted by Gasteiger charge is 2.16. The van der Waals surface area contributed by atoms with Gasteiger partial charge in [-0.15, -0.1) is 0 Å². The van der Waals surface area contributed by atoms with E-state index in [0.717, 1.165) is 30.5 Å². The summed E-state index contributed by atoms with van der Waals surface area (Å²) >= 11 is 0. The smallest absolute Gasteiger partial charge is 0.267 e. The third kappa shape index (κ3) is 3.56. The Balaban J connectivity index is 1.74. The molecule has 1 amide bonds. The van der Waals surface area contributed by atoms with Gasteiger partial charge in [-0.2, -0.15) is 5.10 Å². The summed E-state index contributed by atoms with van der Waals surface area (Å²) in [4.78, 5) is 12.3. The van der Waals surface area contributed by atoms with Gasteiger partial charge in [-0.25, -0.2) is 5.43 Å². The number of hydrogen-bond donors (Lipinski definition) is 1. The summed E-state index contributed by atoms with van der Waals surface area (Å²) in [6.07, 6.45) is 3.06. The number of nitrogens with zero attached hydrogens (tertiary/aromatic N) is 1. The van der Waals surface area contributed by atoms with Crippen LogP contribution in [0.2, 0.25) is 0 Å². The zero-order valence-electron chi connectivity index (χ0n) is 14.6. The summed E-state index contributed by atoms with van der Waals surface area (Å²) < 4.78 is 0. The average molecular weight is 320 g/mol. The van der Waals surface area contributed by atoms with Gasteiger partial charge in [0, 0.05) is 11.1 Å². The minimum atomic E-state index is -0.161. The van der Waals surface area contributed by atoms with Crippen LogP contribution in [-0.2, 0) is 11.8 Å². The summed E-state index contributed by atoms with van der Waals surface area (Å²) in [5.74, 6) is -0.161. The first-order chi connectivity index (χ1) is 11.4. The molecule has 1 aliphatic carbocycles. The van der Waals surface area contributed by atoms with Gasteiger partial charge in [0.15, 0.2) is 0 Å². The van der Waals surface area contributed by atoms with Gasteiger partial charge in [0.05, 0.1) is 5.71 Å². The van der Waals surface area contributed by atoms with Crippen molar-refractivity contribution in [2.24, 2.45) is 5.10 Å². The van der Waals surface area contributed by atoms with E-state index in [4.69, 9.17) is 0 Å². The van der Waals surface area contributed by atoms with Crippen molar-refractivity contribution in [3.05, 3.63) is 70.8 Å². The topological polar surface area (TPSA) is 41.5 Å². The first kappa shape index (κ1) is 16.4. The quantitative estimate of drug-likeness (QED) is 0.816. The van der Waals surface area contributed by atoms with Crippen molar-refractivity contribution < 1.29 is 4.79 Å². The van der Waals surface area contributed by atoms with Crippen LogP contribution in [0.1, 0.15) is 60.7 Å². The maximum atomic E-state index is 12.3. The summed E-state index contributed by atoms with van der Waals surface area (Å²) in [7, 11) is 0. The minimum absolute atomic E-state index is 0.0844. The third-order valence-corrected chi connectivity index (χ3v) is 4.49. The second-order valence-electron chi connectivity index (χ2n) is 7.34. The predicted molar refractivity (Wildman–Crippen MR) is 98.5 cm³/mol. The highest BCUT2D eigenvalue weighted by atomic mass is 16.2. The molecule has 0 heterocycles. The van der Waals surface area contributed by atoms with Gasteiger partial charge in [-0.1, -0.05) is 57.2 Å². The fourth-order valence-corrected chi connectivity index (χ4v) is 3.02. The maximum absolute atomic E-state index is 12.3. The van der Waals surface area contributed by atoms with Gasteiger partial charge in [0.1, 0.15) is 0 Å². The first-order valence-electron chi connectivity index (χ1n) is 8.51. The van der Waals surface area contributed by atoms with E-state index >= 15 is 0 Å². The van der Waals surface area contributed by atoms with E-state index < -0.39 is 0 Å².